The molecule has 1 aliphatic rings. The van der Waals surface area contributed by atoms with Gasteiger partial charge in [0.15, 0.2) is 0 Å². The number of rotatable bonds is 4. The Labute approximate surface area is 169 Å². The topological polar surface area (TPSA) is 59.2 Å². The third-order valence-electron chi connectivity index (χ3n) is 5.29. The molecule has 0 radical (unpaired) electrons. The highest BCUT2D eigenvalue weighted by Crippen LogP contribution is 2.30. The highest BCUT2D eigenvalue weighted by molar-refractivity contribution is 6.33. The Morgan fingerprint density at radius 1 is 1.14 bits per heavy atom. The maximum Gasteiger partial charge on any atom is 0.259 e. The lowest BCUT2D eigenvalue weighted by Crippen LogP contribution is -2.43. The van der Waals surface area contributed by atoms with Crippen molar-refractivity contribution in [1.82, 2.24) is 15.0 Å². The molecule has 4 rings (SSSR count). The van der Waals surface area contributed by atoms with Gasteiger partial charge < -0.3 is 9.42 Å². The van der Waals surface area contributed by atoms with Crippen molar-refractivity contribution in [2.24, 2.45) is 0 Å². The van der Waals surface area contributed by atoms with Crippen LogP contribution in [0, 0.1) is 0 Å². The SMILES string of the molecule is CC[C@@H]1CCCCN1C(=O)c1ccccc1-c1nc(-c2ccccc2Cl)no1. The average molecular weight is 396 g/mol. The Morgan fingerprint density at radius 3 is 2.68 bits per heavy atom. The quantitative estimate of drug-likeness (QED) is 0.588. The Morgan fingerprint density at radius 2 is 1.89 bits per heavy atom. The van der Waals surface area contributed by atoms with Gasteiger partial charge in [0.25, 0.3) is 11.8 Å². The normalized spacial score (nSPS) is 16.9. The summed E-state index contributed by atoms with van der Waals surface area (Å²) in [4.78, 5) is 19.8. The number of likely N-dealkylation sites (tertiary alicyclic amines) is 1. The van der Waals surface area contributed by atoms with Gasteiger partial charge in [-0.05, 0) is 49.9 Å². The van der Waals surface area contributed by atoms with E-state index in [9.17, 15) is 4.79 Å². The average Bonchev–Trinajstić information content (AvgIpc) is 3.23. The van der Waals surface area contributed by atoms with E-state index in [4.69, 9.17) is 16.1 Å². The van der Waals surface area contributed by atoms with Crippen molar-refractivity contribution >= 4 is 17.5 Å². The smallest absolute Gasteiger partial charge is 0.259 e. The van der Waals surface area contributed by atoms with Crippen LogP contribution in [0.1, 0.15) is 43.0 Å². The molecule has 0 aliphatic carbocycles. The molecule has 3 aromatic rings. The second kappa shape index (κ2) is 8.15. The van der Waals surface area contributed by atoms with Crippen molar-refractivity contribution in [2.75, 3.05) is 6.54 Å². The maximum atomic E-state index is 13.3. The molecule has 144 valence electrons. The summed E-state index contributed by atoms with van der Waals surface area (Å²) in [6.07, 6.45) is 4.24. The van der Waals surface area contributed by atoms with Crippen LogP contribution in [0.5, 0.6) is 0 Å². The molecule has 28 heavy (non-hydrogen) atoms. The van der Waals surface area contributed by atoms with Crippen LogP contribution in [0.25, 0.3) is 22.8 Å². The predicted molar refractivity (Wildman–Crippen MR) is 109 cm³/mol. The van der Waals surface area contributed by atoms with Gasteiger partial charge in [0.1, 0.15) is 0 Å². The molecule has 0 spiro atoms. The molecule has 1 atom stereocenters. The van der Waals surface area contributed by atoms with Crippen molar-refractivity contribution in [1.29, 1.82) is 0 Å². The molecule has 1 saturated heterocycles. The number of carbonyl (C=O) groups excluding carboxylic acids is 1. The Kier molecular flexibility index (Phi) is 5.44. The van der Waals surface area contributed by atoms with E-state index < -0.39 is 0 Å². The van der Waals surface area contributed by atoms with E-state index in [0.29, 0.717) is 33.4 Å². The van der Waals surface area contributed by atoms with Crippen LogP contribution in [-0.4, -0.2) is 33.5 Å². The van der Waals surface area contributed by atoms with E-state index in [1.165, 1.54) is 6.42 Å². The van der Waals surface area contributed by atoms with Crippen molar-refractivity contribution in [3.8, 4) is 22.8 Å². The molecule has 1 aromatic heterocycles. The van der Waals surface area contributed by atoms with Crippen LogP contribution in [0.15, 0.2) is 53.1 Å². The van der Waals surface area contributed by atoms with Gasteiger partial charge in [-0.1, -0.05) is 47.9 Å². The van der Waals surface area contributed by atoms with E-state index in [-0.39, 0.29) is 11.9 Å². The van der Waals surface area contributed by atoms with Gasteiger partial charge in [-0.25, -0.2) is 0 Å². The standard InChI is InChI=1S/C22H22ClN3O2/c1-2-15-9-7-8-14-26(15)22(27)17-11-4-3-10-16(17)21-24-20(25-28-21)18-12-5-6-13-19(18)23/h3-6,10-13,15H,2,7-9,14H2,1H3/t15-/m1/s1. The fourth-order valence-electron chi connectivity index (χ4n) is 3.79. The van der Waals surface area contributed by atoms with Crippen molar-refractivity contribution in [3.63, 3.8) is 0 Å². The van der Waals surface area contributed by atoms with E-state index in [0.717, 1.165) is 25.8 Å². The zero-order valence-corrected chi connectivity index (χ0v) is 16.5. The highest BCUT2D eigenvalue weighted by atomic mass is 35.5. The summed E-state index contributed by atoms with van der Waals surface area (Å²) in [5.74, 6) is 0.760. The second-order valence-corrected chi connectivity index (χ2v) is 7.41. The lowest BCUT2D eigenvalue weighted by atomic mass is 9.97. The minimum atomic E-state index is 0.0274. The molecule has 0 saturated carbocycles. The van der Waals surface area contributed by atoms with Gasteiger partial charge in [0.2, 0.25) is 5.82 Å². The fraction of sp³-hybridized carbons (Fsp3) is 0.318. The number of piperidine rings is 1. The number of nitrogens with zero attached hydrogens (tertiary/aromatic N) is 3. The third-order valence-corrected chi connectivity index (χ3v) is 5.62. The maximum absolute atomic E-state index is 13.3. The van der Waals surface area contributed by atoms with Crippen molar-refractivity contribution in [2.45, 2.75) is 38.6 Å². The number of carbonyl (C=O) groups is 1. The van der Waals surface area contributed by atoms with Gasteiger partial charge in [0.05, 0.1) is 16.1 Å². The van der Waals surface area contributed by atoms with Crippen molar-refractivity contribution < 1.29 is 9.32 Å². The lowest BCUT2D eigenvalue weighted by Gasteiger charge is -2.35. The lowest BCUT2D eigenvalue weighted by molar-refractivity contribution is 0.0608. The van der Waals surface area contributed by atoms with Gasteiger partial charge in [-0.2, -0.15) is 4.98 Å². The summed E-state index contributed by atoms with van der Waals surface area (Å²) in [5.41, 5.74) is 1.95. The van der Waals surface area contributed by atoms with Gasteiger partial charge in [-0.15, -0.1) is 0 Å². The molecule has 2 heterocycles. The zero-order valence-electron chi connectivity index (χ0n) is 15.8. The van der Waals surface area contributed by atoms with E-state index in [1.807, 2.05) is 47.4 Å². The summed E-state index contributed by atoms with van der Waals surface area (Å²) in [6, 6.07) is 15.1. The van der Waals surface area contributed by atoms with E-state index in [2.05, 4.69) is 17.1 Å². The van der Waals surface area contributed by atoms with Crippen LogP contribution in [0.2, 0.25) is 5.02 Å². The molecule has 0 N–H and O–H groups in total. The predicted octanol–water partition coefficient (Wildman–Crippen LogP) is 5.46. The number of amides is 1. The molecule has 1 amide bonds. The molecular weight excluding hydrogens is 374 g/mol. The molecule has 1 fully saturated rings. The fourth-order valence-corrected chi connectivity index (χ4v) is 4.01. The van der Waals surface area contributed by atoms with Crippen molar-refractivity contribution in [3.05, 3.63) is 59.1 Å². The number of hydrogen-bond donors (Lipinski definition) is 0. The molecular formula is C22H22ClN3O2. The molecule has 0 bridgehead atoms. The number of benzene rings is 2. The Bertz CT molecular complexity index is 985. The summed E-state index contributed by atoms with van der Waals surface area (Å²) in [6.45, 7) is 2.93. The van der Waals surface area contributed by atoms with Crippen LogP contribution >= 0.6 is 11.6 Å². The first kappa shape index (κ1) is 18.7. The monoisotopic (exact) mass is 395 g/mol. The van der Waals surface area contributed by atoms with E-state index >= 15 is 0 Å². The minimum Gasteiger partial charge on any atom is -0.336 e. The zero-order chi connectivity index (χ0) is 19.5. The minimum absolute atomic E-state index is 0.0274. The van der Waals surface area contributed by atoms with E-state index in [1.54, 1.807) is 6.07 Å². The van der Waals surface area contributed by atoms with Gasteiger partial charge in [0, 0.05) is 18.2 Å². The Hall–Kier alpha value is -2.66. The summed E-state index contributed by atoms with van der Waals surface area (Å²) >= 11 is 6.25. The van der Waals surface area contributed by atoms with Crippen LogP contribution in [0.4, 0.5) is 0 Å². The second-order valence-electron chi connectivity index (χ2n) is 7.00. The number of hydrogen-bond acceptors (Lipinski definition) is 4. The molecule has 5 nitrogen and oxygen atoms in total. The summed E-state index contributed by atoms with van der Waals surface area (Å²) in [5, 5.41) is 4.63. The first-order valence-electron chi connectivity index (χ1n) is 9.68. The highest BCUT2D eigenvalue weighted by Gasteiger charge is 2.28. The van der Waals surface area contributed by atoms with Crippen LogP contribution in [-0.2, 0) is 0 Å². The molecule has 1 aliphatic heterocycles. The summed E-state index contributed by atoms with van der Waals surface area (Å²) in [7, 11) is 0. The van der Waals surface area contributed by atoms with Crippen LogP contribution in [0.3, 0.4) is 0 Å². The largest absolute Gasteiger partial charge is 0.336 e. The van der Waals surface area contributed by atoms with Gasteiger partial charge in [-0.3, -0.25) is 4.79 Å². The molecule has 0 unspecified atom stereocenters. The number of halogens is 1. The summed E-state index contributed by atoms with van der Waals surface area (Å²) < 4.78 is 5.50. The molecule has 6 heteroatoms. The first-order chi connectivity index (χ1) is 13.7. The third kappa shape index (κ3) is 3.54. The molecule has 2 aromatic carbocycles. The van der Waals surface area contributed by atoms with Gasteiger partial charge >= 0.3 is 0 Å². The first-order valence-corrected chi connectivity index (χ1v) is 10.1. The van der Waals surface area contributed by atoms with Crippen LogP contribution < -0.4 is 0 Å². The Balaban J connectivity index is 1.69. The number of aromatic nitrogens is 2.